The highest BCUT2D eigenvalue weighted by atomic mass is 16.3. The molecule has 146 valence electrons. The van der Waals surface area contributed by atoms with Gasteiger partial charge in [-0.25, -0.2) is 5.01 Å². The molecule has 0 aliphatic heterocycles. The molecule has 26 heavy (non-hydrogen) atoms. The number of aromatic hydroxyl groups is 1. The third-order valence-electron chi connectivity index (χ3n) is 3.86. The lowest BCUT2D eigenvalue weighted by Gasteiger charge is -2.25. The van der Waals surface area contributed by atoms with Gasteiger partial charge in [-0.05, 0) is 37.1 Å². The first-order valence-electron chi connectivity index (χ1n) is 8.30. The summed E-state index contributed by atoms with van der Waals surface area (Å²) in [5, 5.41) is 16.1. The number of nitrogens with one attached hydrogen (secondary N) is 2. The van der Waals surface area contributed by atoms with Gasteiger partial charge in [-0.1, -0.05) is 12.1 Å². The normalized spacial score (nSPS) is 13.6. The molecule has 0 spiro atoms. The molecule has 0 aromatic heterocycles. The zero-order valence-corrected chi connectivity index (χ0v) is 14.9. The van der Waals surface area contributed by atoms with Gasteiger partial charge >= 0.3 is 0 Å². The smallest absolute Gasteiger partial charge is 0.240 e. The summed E-state index contributed by atoms with van der Waals surface area (Å²) in [4.78, 5) is 24.2. The molecule has 0 heterocycles. The Balaban J connectivity index is 2.67. The number of nitrogens with zero attached hydrogens (tertiary/aromatic N) is 1. The van der Waals surface area contributed by atoms with Crippen molar-refractivity contribution in [3.05, 3.63) is 29.8 Å². The van der Waals surface area contributed by atoms with Crippen molar-refractivity contribution in [3.63, 3.8) is 0 Å². The van der Waals surface area contributed by atoms with Crippen molar-refractivity contribution in [1.82, 2.24) is 15.6 Å². The maximum atomic E-state index is 12.5. The Kier molecular flexibility index (Phi) is 8.96. The van der Waals surface area contributed by atoms with E-state index >= 15 is 0 Å². The molecule has 2 atom stereocenters. The van der Waals surface area contributed by atoms with Crippen LogP contribution < -0.4 is 33.7 Å². The van der Waals surface area contributed by atoms with E-state index in [4.69, 9.17) is 23.0 Å². The average molecular weight is 367 g/mol. The van der Waals surface area contributed by atoms with Gasteiger partial charge in [-0.15, -0.1) is 0 Å². The highest BCUT2D eigenvalue weighted by Crippen LogP contribution is 2.12. The van der Waals surface area contributed by atoms with Gasteiger partial charge in [-0.3, -0.25) is 20.7 Å². The quantitative estimate of drug-likeness (QED) is 0.0980. The first-order valence-corrected chi connectivity index (χ1v) is 8.30. The molecule has 1 aromatic carbocycles. The maximum absolute atomic E-state index is 12.5. The zero-order chi connectivity index (χ0) is 19.7. The molecule has 2 amide bonds. The van der Waals surface area contributed by atoms with Crippen LogP contribution in [-0.2, 0) is 16.0 Å². The van der Waals surface area contributed by atoms with Crippen molar-refractivity contribution in [3.8, 4) is 5.75 Å². The molecule has 0 unspecified atom stereocenters. The number of nitrogens with two attached hydrogens (primary N) is 4. The van der Waals surface area contributed by atoms with E-state index in [9.17, 15) is 14.7 Å². The predicted octanol–water partition coefficient (Wildman–Crippen LogP) is -2.35. The van der Waals surface area contributed by atoms with Crippen LogP contribution in [0.3, 0.4) is 0 Å². The highest BCUT2D eigenvalue weighted by molar-refractivity contribution is 5.89. The summed E-state index contributed by atoms with van der Waals surface area (Å²) in [7, 11) is 1.57. The third kappa shape index (κ3) is 7.76. The molecule has 0 radical (unpaired) electrons. The number of phenolic OH excluding ortho intramolecular Hbond substituents is 1. The lowest BCUT2D eigenvalue weighted by molar-refractivity contribution is -0.130. The number of benzene rings is 1. The van der Waals surface area contributed by atoms with Crippen molar-refractivity contribution in [1.29, 1.82) is 0 Å². The molecule has 10 nitrogen and oxygen atoms in total. The minimum atomic E-state index is -0.884. The summed E-state index contributed by atoms with van der Waals surface area (Å²) in [5.74, 6) is 4.83. The maximum Gasteiger partial charge on any atom is 0.240 e. The monoisotopic (exact) mass is 367 g/mol. The summed E-state index contributed by atoms with van der Waals surface area (Å²) in [6.07, 6.45) is 0.654. The number of carbonyl (C=O) groups is 2. The molecule has 0 aliphatic carbocycles. The molecular weight excluding hydrogens is 338 g/mol. The number of amides is 2. The van der Waals surface area contributed by atoms with Crippen LogP contribution in [0.2, 0.25) is 0 Å². The number of hydrogen-bond acceptors (Lipinski definition) is 8. The molecular formula is C16H29N7O3. The second-order valence-electron chi connectivity index (χ2n) is 6.14. The SMILES string of the molecule is CN(N)[C@@H](CCCNC(N)N)C(=O)N[C@@H](Cc1ccc(O)cc1)C(N)=O. The number of hydrogen-bond donors (Lipinski definition) is 7. The van der Waals surface area contributed by atoms with E-state index in [2.05, 4.69) is 10.6 Å². The number of phenols is 1. The van der Waals surface area contributed by atoms with Gasteiger partial charge in [-0.2, -0.15) is 0 Å². The van der Waals surface area contributed by atoms with Gasteiger partial charge in [0.15, 0.2) is 0 Å². The van der Waals surface area contributed by atoms with Gasteiger partial charge in [0.2, 0.25) is 11.8 Å². The van der Waals surface area contributed by atoms with Crippen molar-refractivity contribution in [2.75, 3.05) is 13.6 Å². The van der Waals surface area contributed by atoms with Gasteiger partial charge < -0.3 is 27.6 Å². The summed E-state index contributed by atoms with van der Waals surface area (Å²) in [6.45, 7) is 0.530. The third-order valence-corrected chi connectivity index (χ3v) is 3.86. The van der Waals surface area contributed by atoms with Crippen LogP contribution in [0, 0.1) is 0 Å². The molecule has 0 bridgehead atoms. The molecule has 1 aromatic rings. The van der Waals surface area contributed by atoms with Crippen LogP contribution >= 0.6 is 0 Å². The first-order chi connectivity index (χ1) is 12.2. The number of primary amides is 1. The second-order valence-corrected chi connectivity index (χ2v) is 6.14. The molecule has 0 aliphatic rings. The van der Waals surface area contributed by atoms with E-state index in [1.54, 1.807) is 19.2 Å². The first kappa shape index (κ1) is 21.8. The largest absolute Gasteiger partial charge is 0.508 e. The van der Waals surface area contributed by atoms with Gasteiger partial charge in [0.1, 0.15) is 24.1 Å². The minimum Gasteiger partial charge on any atom is -0.508 e. The van der Waals surface area contributed by atoms with Crippen molar-refractivity contribution >= 4 is 11.8 Å². The molecule has 11 N–H and O–H groups in total. The fourth-order valence-electron chi connectivity index (χ4n) is 2.44. The van der Waals surface area contributed by atoms with Crippen LogP contribution in [0.15, 0.2) is 24.3 Å². The Hall–Kier alpha value is -2.24. The summed E-state index contributed by atoms with van der Waals surface area (Å²) >= 11 is 0. The molecule has 10 heteroatoms. The Bertz CT molecular complexity index is 578. The predicted molar refractivity (Wildman–Crippen MR) is 98.1 cm³/mol. The summed E-state index contributed by atoms with van der Waals surface area (Å²) in [5.41, 5.74) is 17.0. The lowest BCUT2D eigenvalue weighted by atomic mass is 10.0. The number of rotatable bonds is 11. The van der Waals surface area contributed by atoms with E-state index in [0.29, 0.717) is 19.4 Å². The molecule has 0 saturated heterocycles. The molecule has 0 saturated carbocycles. The lowest BCUT2D eigenvalue weighted by Crippen LogP contribution is -2.54. The van der Waals surface area contributed by atoms with Gasteiger partial charge in [0, 0.05) is 13.5 Å². The van der Waals surface area contributed by atoms with E-state index in [1.807, 2.05) is 0 Å². The Labute approximate surface area is 152 Å². The van der Waals surface area contributed by atoms with E-state index in [-0.39, 0.29) is 12.2 Å². The van der Waals surface area contributed by atoms with Crippen LogP contribution in [-0.4, -0.2) is 53.9 Å². The van der Waals surface area contributed by atoms with Crippen molar-refractivity contribution in [2.24, 2.45) is 23.0 Å². The summed E-state index contributed by atoms with van der Waals surface area (Å²) in [6, 6.07) is 4.80. The van der Waals surface area contributed by atoms with Gasteiger partial charge in [0.25, 0.3) is 0 Å². The van der Waals surface area contributed by atoms with Crippen LogP contribution in [0.25, 0.3) is 0 Å². The molecule has 0 fully saturated rings. The number of hydrazine groups is 1. The zero-order valence-electron chi connectivity index (χ0n) is 14.9. The van der Waals surface area contributed by atoms with Crippen LogP contribution in [0.4, 0.5) is 0 Å². The highest BCUT2D eigenvalue weighted by Gasteiger charge is 2.26. The standard InChI is InChI=1S/C16H29N7O3/c1-23(20)13(3-2-8-21-16(18)19)15(26)22-12(14(17)25)9-10-4-6-11(24)7-5-10/h4-7,12-13,16,21,24H,2-3,8-9,18-20H2,1H3,(H2,17,25)(H,22,26)/t12-,13-/m0/s1. The minimum absolute atomic E-state index is 0.115. The average Bonchev–Trinajstić information content (AvgIpc) is 2.55. The van der Waals surface area contributed by atoms with Crippen molar-refractivity contribution in [2.45, 2.75) is 37.6 Å². The van der Waals surface area contributed by atoms with Crippen molar-refractivity contribution < 1.29 is 14.7 Å². The van der Waals surface area contributed by atoms with E-state index in [1.165, 1.54) is 17.1 Å². The fraction of sp³-hybridized carbons (Fsp3) is 0.500. The van der Waals surface area contributed by atoms with E-state index in [0.717, 1.165) is 5.56 Å². The number of carbonyl (C=O) groups excluding carboxylic acids is 2. The van der Waals surface area contributed by atoms with Crippen LogP contribution in [0.5, 0.6) is 5.75 Å². The number of likely N-dealkylation sites (N-methyl/N-ethyl adjacent to an activating group) is 1. The summed E-state index contributed by atoms with van der Waals surface area (Å²) < 4.78 is 0. The Morgan fingerprint density at radius 2 is 1.85 bits per heavy atom. The van der Waals surface area contributed by atoms with Crippen LogP contribution in [0.1, 0.15) is 18.4 Å². The Morgan fingerprint density at radius 1 is 1.23 bits per heavy atom. The molecule has 1 rings (SSSR count). The van der Waals surface area contributed by atoms with Gasteiger partial charge in [0.05, 0.1) is 0 Å². The topological polar surface area (TPSA) is 186 Å². The Morgan fingerprint density at radius 3 is 2.35 bits per heavy atom. The van der Waals surface area contributed by atoms with E-state index < -0.39 is 30.2 Å². The second kappa shape index (κ2) is 10.7. The fourth-order valence-corrected chi connectivity index (χ4v) is 2.44.